The van der Waals surface area contributed by atoms with Crippen LogP contribution in [0.5, 0.6) is 5.75 Å². The van der Waals surface area contributed by atoms with E-state index < -0.39 is 10.8 Å². The van der Waals surface area contributed by atoms with Gasteiger partial charge in [0.15, 0.2) is 0 Å². The van der Waals surface area contributed by atoms with Crippen LogP contribution in [-0.4, -0.2) is 23.7 Å². The lowest BCUT2D eigenvalue weighted by molar-refractivity contribution is -0.384. The van der Waals surface area contributed by atoms with Crippen molar-refractivity contribution in [2.45, 2.75) is 6.92 Å². The minimum Gasteiger partial charge on any atom is -0.497 e. The molecule has 0 aliphatic heterocycles. The Labute approximate surface area is 132 Å². The molecule has 0 atom stereocenters. The molecule has 0 bridgehead atoms. The smallest absolute Gasteiger partial charge is 0.271 e. The average molecular weight is 313 g/mol. The Hall–Kier alpha value is -3.22. The number of amides is 1. The first-order valence-electron chi connectivity index (χ1n) is 6.75. The number of hydrogen-bond donors (Lipinski definition) is 1. The van der Waals surface area contributed by atoms with Crippen LogP contribution in [0.15, 0.2) is 53.6 Å². The number of nitrogens with zero attached hydrogens (tertiary/aromatic N) is 2. The van der Waals surface area contributed by atoms with Gasteiger partial charge in [-0.3, -0.25) is 14.9 Å². The molecule has 1 N–H and O–H groups in total. The fourth-order valence-electron chi connectivity index (χ4n) is 1.87. The number of nitro groups is 1. The van der Waals surface area contributed by atoms with Gasteiger partial charge in [-0.2, -0.15) is 5.10 Å². The quantitative estimate of drug-likeness (QED) is 0.521. The van der Waals surface area contributed by atoms with Gasteiger partial charge in [0.25, 0.3) is 11.6 Å². The topological polar surface area (TPSA) is 93.8 Å². The molecule has 0 aliphatic rings. The monoisotopic (exact) mass is 313 g/mol. The van der Waals surface area contributed by atoms with Gasteiger partial charge in [-0.1, -0.05) is 18.2 Å². The Balaban J connectivity index is 2.13. The number of ether oxygens (including phenoxy) is 1. The van der Waals surface area contributed by atoms with Crippen molar-refractivity contribution in [3.63, 3.8) is 0 Å². The molecule has 118 valence electrons. The lowest BCUT2D eigenvalue weighted by Gasteiger charge is -2.05. The first kappa shape index (κ1) is 16.2. The van der Waals surface area contributed by atoms with E-state index in [4.69, 9.17) is 4.74 Å². The van der Waals surface area contributed by atoms with Crippen molar-refractivity contribution < 1.29 is 14.5 Å². The second-order valence-electron chi connectivity index (χ2n) is 4.68. The summed E-state index contributed by atoms with van der Waals surface area (Å²) in [5, 5.41) is 14.7. The van der Waals surface area contributed by atoms with Gasteiger partial charge in [-0.15, -0.1) is 0 Å². The number of non-ortho nitro benzene ring substituents is 1. The molecule has 0 aliphatic carbocycles. The maximum atomic E-state index is 12.0. The molecule has 0 radical (unpaired) electrons. The lowest BCUT2D eigenvalue weighted by Crippen LogP contribution is -2.19. The van der Waals surface area contributed by atoms with E-state index in [0.717, 1.165) is 5.56 Å². The largest absolute Gasteiger partial charge is 0.497 e. The second-order valence-corrected chi connectivity index (χ2v) is 4.68. The number of hydrazone groups is 1. The van der Waals surface area contributed by atoms with Gasteiger partial charge in [0.05, 0.1) is 17.7 Å². The number of hydrogen-bond acceptors (Lipinski definition) is 5. The van der Waals surface area contributed by atoms with Crippen LogP contribution in [0.2, 0.25) is 0 Å². The molecule has 0 saturated carbocycles. The fourth-order valence-corrected chi connectivity index (χ4v) is 1.87. The van der Waals surface area contributed by atoms with E-state index in [2.05, 4.69) is 10.5 Å². The van der Waals surface area contributed by atoms with E-state index in [1.54, 1.807) is 26.2 Å². The number of nitro benzene ring substituents is 1. The van der Waals surface area contributed by atoms with Crippen LogP contribution in [-0.2, 0) is 0 Å². The van der Waals surface area contributed by atoms with Crippen molar-refractivity contribution >= 4 is 17.3 Å². The summed E-state index contributed by atoms with van der Waals surface area (Å²) >= 11 is 0. The molecule has 23 heavy (non-hydrogen) atoms. The van der Waals surface area contributed by atoms with Crippen LogP contribution >= 0.6 is 0 Å². The number of carbonyl (C=O) groups is 1. The molecule has 0 spiro atoms. The van der Waals surface area contributed by atoms with Crippen LogP contribution in [0.25, 0.3) is 0 Å². The zero-order chi connectivity index (χ0) is 16.8. The van der Waals surface area contributed by atoms with Crippen LogP contribution < -0.4 is 10.2 Å². The standard InChI is InChI=1S/C16H15N3O4/c1-11(12-5-4-8-15(10-12)23-2)17-18-16(20)13-6-3-7-14(9-13)19(21)22/h3-10H,1-2H3,(H,18,20)/b17-11+. The Morgan fingerprint density at radius 1 is 1.17 bits per heavy atom. The van der Waals surface area contributed by atoms with E-state index in [-0.39, 0.29) is 11.3 Å². The molecule has 0 unspecified atom stereocenters. The first-order chi connectivity index (χ1) is 11.0. The van der Waals surface area contributed by atoms with Crippen molar-refractivity contribution in [1.29, 1.82) is 0 Å². The Bertz CT molecular complexity index is 771. The highest BCUT2D eigenvalue weighted by Crippen LogP contribution is 2.14. The summed E-state index contributed by atoms with van der Waals surface area (Å²) in [7, 11) is 1.57. The zero-order valence-corrected chi connectivity index (χ0v) is 12.6. The number of nitrogens with one attached hydrogen (secondary N) is 1. The molecule has 2 aromatic carbocycles. The van der Waals surface area contributed by atoms with Crippen molar-refractivity contribution in [3.8, 4) is 5.75 Å². The molecule has 7 heteroatoms. The molecular formula is C16H15N3O4. The first-order valence-corrected chi connectivity index (χ1v) is 6.75. The van der Waals surface area contributed by atoms with E-state index in [1.165, 1.54) is 24.3 Å². The van der Waals surface area contributed by atoms with Crippen LogP contribution in [0.3, 0.4) is 0 Å². The van der Waals surface area contributed by atoms with Crippen LogP contribution in [0.1, 0.15) is 22.8 Å². The minimum atomic E-state index is -0.554. The molecule has 0 heterocycles. The molecule has 0 saturated heterocycles. The summed E-state index contributed by atoms with van der Waals surface area (Å²) in [5.74, 6) is 0.165. The number of rotatable bonds is 5. The van der Waals surface area contributed by atoms with Crippen LogP contribution in [0.4, 0.5) is 5.69 Å². The predicted octanol–water partition coefficient (Wildman–Crippen LogP) is 2.76. The fraction of sp³-hybridized carbons (Fsp3) is 0.125. The number of benzene rings is 2. The van der Waals surface area contributed by atoms with Gasteiger partial charge in [0.2, 0.25) is 0 Å². The Morgan fingerprint density at radius 3 is 2.57 bits per heavy atom. The number of methoxy groups -OCH3 is 1. The SMILES string of the molecule is COc1cccc(/C(C)=N/NC(=O)c2cccc([N+](=O)[O-])c2)c1. The lowest BCUT2D eigenvalue weighted by atomic mass is 10.1. The summed E-state index contributed by atoms with van der Waals surface area (Å²) in [6, 6.07) is 12.7. The van der Waals surface area contributed by atoms with E-state index in [0.29, 0.717) is 11.5 Å². The molecule has 0 fully saturated rings. The third-order valence-electron chi connectivity index (χ3n) is 3.13. The van der Waals surface area contributed by atoms with Gasteiger partial charge in [0.1, 0.15) is 5.75 Å². The van der Waals surface area contributed by atoms with Gasteiger partial charge >= 0.3 is 0 Å². The third-order valence-corrected chi connectivity index (χ3v) is 3.13. The summed E-state index contributed by atoms with van der Waals surface area (Å²) in [5.41, 5.74) is 3.79. The molecule has 2 rings (SSSR count). The maximum Gasteiger partial charge on any atom is 0.271 e. The van der Waals surface area contributed by atoms with Crippen molar-refractivity contribution in [3.05, 3.63) is 69.8 Å². The van der Waals surface area contributed by atoms with Crippen molar-refractivity contribution in [2.24, 2.45) is 5.10 Å². The van der Waals surface area contributed by atoms with Gasteiger partial charge in [-0.25, -0.2) is 5.43 Å². The summed E-state index contributed by atoms with van der Waals surface area (Å²) in [6.45, 7) is 1.74. The van der Waals surface area contributed by atoms with E-state index in [1.807, 2.05) is 12.1 Å². The maximum absolute atomic E-state index is 12.0. The summed E-state index contributed by atoms with van der Waals surface area (Å²) in [4.78, 5) is 22.2. The van der Waals surface area contributed by atoms with Gasteiger partial charge in [-0.05, 0) is 25.1 Å². The zero-order valence-electron chi connectivity index (χ0n) is 12.6. The number of carbonyl (C=O) groups excluding carboxylic acids is 1. The highest BCUT2D eigenvalue weighted by Gasteiger charge is 2.11. The molecular weight excluding hydrogens is 298 g/mol. The normalized spacial score (nSPS) is 11.0. The Morgan fingerprint density at radius 2 is 1.87 bits per heavy atom. The summed E-state index contributed by atoms with van der Waals surface area (Å²) < 4.78 is 5.13. The summed E-state index contributed by atoms with van der Waals surface area (Å²) in [6.07, 6.45) is 0. The molecule has 1 amide bonds. The highest BCUT2D eigenvalue weighted by atomic mass is 16.6. The average Bonchev–Trinajstić information content (AvgIpc) is 2.59. The minimum absolute atomic E-state index is 0.147. The highest BCUT2D eigenvalue weighted by molar-refractivity contribution is 6.01. The van der Waals surface area contributed by atoms with E-state index >= 15 is 0 Å². The molecule has 2 aromatic rings. The van der Waals surface area contributed by atoms with Gasteiger partial charge in [0, 0.05) is 23.3 Å². The van der Waals surface area contributed by atoms with Crippen molar-refractivity contribution in [2.75, 3.05) is 7.11 Å². The molecule has 7 nitrogen and oxygen atoms in total. The third kappa shape index (κ3) is 4.13. The van der Waals surface area contributed by atoms with E-state index in [9.17, 15) is 14.9 Å². The van der Waals surface area contributed by atoms with Gasteiger partial charge < -0.3 is 4.74 Å². The Kier molecular flexibility index (Phi) is 5.03. The predicted molar refractivity (Wildman–Crippen MR) is 85.8 cm³/mol. The molecule has 0 aromatic heterocycles. The second kappa shape index (κ2) is 7.17. The van der Waals surface area contributed by atoms with Crippen LogP contribution in [0, 0.1) is 10.1 Å². The van der Waals surface area contributed by atoms with Crippen molar-refractivity contribution in [1.82, 2.24) is 5.43 Å².